The summed E-state index contributed by atoms with van der Waals surface area (Å²) in [7, 11) is -3.40. The van der Waals surface area contributed by atoms with Crippen molar-refractivity contribution in [1.82, 2.24) is 10.0 Å². The fraction of sp³-hybridized carbons (Fsp3) is 0.600. The molecular formula is C15H27ClN2O2S. The highest BCUT2D eigenvalue weighted by molar-refractivity contribution is 7.89. The predicted octanol–water partition coefficient (Wildman–Crippen LogP) is 2.51. The Labute approximate surface area is 135 Å². The Morgan fingerprint density at radius 1 is 0.952 bits per heavy atom. The van der Waals surface area contributed by atoms with E-state index in [2.05, 4.69) is 23.9 Å². The molecule has 6 heteroatoms. The molecule has 0 heterocycles. The number of hydrogen-bond donors (Lipinski definition) is 2. The van der Waals surface area contributed by atoms with Crippen LogP contribution in [-0.2, 0) is 22.9 Å². The van der Waals surface area contributed by atoms with Gasteiger partial charge in [0.25, 0.3) is 0 Å². The van der Waals surface area contributed by atoms with Crippen LogP contribution in [0.3, 0.4) is 0 Å². The first kappa shape index (κ1) is 20.4. The van der Waals surface area contributed by atoms with E-state index in [1.807, 2.05) is 13.0 Å². The number of hydrogen-bond acceptors (Lipinski definition) is 3. The van der Waals surface area contributed by atoms with Crippen molar-refractivity contribution in [2.75, 3.05) is 19.6 Å². The minimum absolute atomic E-state index is 0. The standard InChI is InChI=1S/C15H26N2O2S.ClH/c1-4-9-16-10-11-17-20(18,19)15-8-7-13(5-2)14(6-3)12-15;/h7-8,12,16-17H,4-6,9-11H2,1-3H3;1H. The summed E-state index contributed by atoms with van der Waals surface area (Å²) in [5, 5.41) is 3.17. The molecule has 1 aromatic carbocycles. The fourth-order valence-electron chi connectivity index (χ4n) is 2.10. The molecule has 0 amide bonds. The lowest BCUT2D eigenvalue weighted by atomic mass is 10.0. The van der Waals surface area contributed by atoms with Gasteiger partial charge in [-0.1, -0.05) is 26.8 Å². The minimum Gasteiger partial charge on any atom is -0.315 e. The summed E-state index contributed by atoms with van der Waals surface area (Å²) < 4.78 is 27.0. The van der Waals surface area contributed by atoms with Crippen molar-refractivity contribution in [2.45, 2.75) is 44.9 Å². The number of halogens is 1. The van der Waals surface area contributed by atoms with Crippen molar-refractivity contribution in [1.29, 1.82) is 0 Å². The molecule has 0 spiro atoms. The lowest BCUT2D eigenvalue weighted by molar-refractivity contribution is 0.575. The smallest absolute Gasteiger partial charge is 0.240 e. The molecule has 0 radical (unpaired) electrons. The van der Waals surface area contributed by atoms with Crippen LogP contribution in [0.4, 0.5) is 0 Å². The highest BCUT2D eigenvalue weighted by Crippen LogP contribution is 2.17. The van der Waals surface area contributed by atoms with E-state index < -0.39 is 10.0 Å². The summed E-state index contributed by atoms with van der Waals surface area (Å²) in [6.45, 7) is 8.19. The third-order valence-corrected chi connectivity index (χ3v) is 4.73. The number of sulfonamides is 1. The van der Waals surface area contributed by atoms with Gasteiger partial charge in [-0.25, -0.2) is 13.1 Å². The lowest BCUT2D eigenvalue weighted by Gasteiger charge is -2.11. The summed E-state index contributed by atoms with van der Waals surface area (Å²) in [5.74, 6) is 0. The first-order valence-electron chi connectivity index (χ1n) is 7.37. The fourth-order valence-corrected chi connectivity index (χ4v) is 3.18. The second-order valence-electron chi connectivity index (χ2n) is 4.79. The molecule has 0 fully saturated rings. The molecule has 0 bridgehead atoms. The molecule has 1 rings (SSSR count). The van der Waals surface area contributed by atoms with Gasteiger partial charge in [-0.3, -0.25) is 0 Å². The van der Waals surface area contributed by atoms with Crippen LogP contribution >= 0.6 is 12.4 Å². The zero-order chi connectivity index (χ0) is 15.0. The maximum Gasteiger partial charge on any atom is 0.240 e. The number of rotatable bonds is 9. The van der Waals surface area contributed by atoms with Crippen molar-refractivity contribution >= 4 is 22.4 Å². The molecule has 1 aromatic rings. The van der Waals surface area contributed by atoms with Crippen LogP contribution in [0.25, 0.3) is 0 Å². The average molecular weight is 335 g/mol. The molecule has 0 atom stereocenters. The zero-order valence-electron chi connectivity index (χ0n) is 13.1. The second-order valence-corrected chi connectivity index (χ2v) is 6.55. The summed E-state index contributed by atoms with van der Waals surface area (Å²) in [6, 6.07) is 5.41. The van der Waals surface area contributed by atoms with Gasteiger partial charge in [0.1, 0.15) is 0 Å². The Bertz CT molecular complexity index is 518. The maximum atomic E-state index is 12.2. The summed E-state index contributed by atoms with van der Waals surface area (Å²) in [6.07, 6.45) is 2.83. The largest absolute Gasteiger partial charge is 0.315 e. The van der Waals surface area contributed by atoms with Gasteiger partial charge in [0.2, 0.25) is 10.0 Å². The van der Waals surface area contributed by atoms with Gasteiger partial charge in [-0.2, -0.15) is 0 Å². The van der Waals surface area contributed by atoms with Crippen LogP contribution in [-0.4, -0.2) is 28.1 Å². The molecule has 0 aliphatic carbocycles. The average Bonchev–Trinajstić information content (AvgIpc) is 2.46. The van der Waals surface area contributed by atoms with Gasteiger partial charge in [0.15, 0.2) is 0 Å². The minimum atomic E-state index is -3.40. The molecule has 2 N–H and O–H groups in total. The Morgan fingerprint density at radius 3 is 2.19 bits per heavy atom. The normalized spacial score (nSPS) is 11.2. The predicted molar refractivity (Wildman–Crippen MR) is 90.8 cm³/mol. The molecule has 4 nitrogen and oxygen atoms in total. The monoisotopic (exact) mass is 334 g/mol. The van der Waals surface area contributed by atoms with Crippen LogP contribution in [0.2, 0.25) is 0 Å². The number of aryl methyl sites for hydroxylation is 2. The van der Waals surface area contributed by atoms with Crippen LogP contribution in [0.15, 0.2) is 23.1 Å². The van der Waals surface area contributed by atoms with Crippen molar-refractivity contribution in [3.05, 3.63) is 29.3 Å². The van der Waals surface area contributed by atoms with E-state index in [-0.39, 0.29) is 12.4 Å². The van der Waals surface area contributed by atoms with Crippen molar-refractivity contribution in [2.24, 2.45) is 0 Å². The highest BCUT2D eigenvalue weighted by Gasteiger charge is 2.14. The Balaban J connectivity index is 0.00000400. The maximum absolute atomic E-state index is 12.2. The second kappa shape index (κ2) is 10.2. The van der Waals surface area contributed by atoms with E-state index in [0.29, 0.717) is 18.0 Å². The topological polar surface area (TPSA) is 58.2 Å². The van der Waals surface area contributed by atoms with Crippen LogP contribution in [0.5, 0.6) is 0 Å². The Morgan fingerprint density at radius 2 is 1.62 bits per heavy atom. The van der Waals surface area contributed by atoms with Gasteiger partial charge in [0.05, 0.1) is 4.90 Å². The van der Waals surface area contributed by atoms with Crippen LogP contribution in [0, 0.1) is 0 Å². The quantitative estimate of drug-likeness (QED) is 0.682. The first-order valence-corrected chi connectivity index (χ1v) is 8.85. The van der Waals surface area contributed by atoms with Crippen LogP contribution in [0.1, 0.15) is 38.3 Å². The molecule has 0 unspecified atom stereocenters. The first-order chi connectivity index (χ1) is 9.55. The molecule has 0 aliphatic rings. The third-order valence-electron chi connectivity index (χ3n) is 3.27. The van der Waals surface area contributed by atoms with E-state index in [0.717, 1.165) is 31.4 Å². The highest BCUT2D eigenvalue weighted by atomic mass is 35.5. The lowest BCUT2D eigenvalue weighted by Crippen LogP contribution is -2.32. The SMILES string of the molecule is CCCNCCNS(=O)(=O)c1ccc(CC)c(CC)c1.Cl. The van der Waals surface area contributed by atoms with E-state index in [1.165, 1.54) is 5.56 Å². The van der Waals surface area contributed by atoms with Gasteiger partial charge < -0.3 is 5.32 Å². The van der Waals surface area contributed by atoms with Gasteiger partial charge in [-0.15, -0.1) is 12.4 Å². The van der Waals surface area contributed by atoms with E-state index in [1.54, 1.807) is 12.1 Å². The van der Waals surface area contributed by atoms with Crippen molar-refractivity contribution in [3.63, 3.8) is 0 Å². The molecule has 0 saturated carbocycles. The van der Waals surface area contributed by atoms with E-state index in [4.69, 9.17) is 0 Å². The molecule has 0 aliphatic heterocycles. The van der Waals surface area contributed by atoms with Crippen molar-refractivity contribution in [3.8, 4) is 0 Å². The molecule has 0 aromatic heterocycles. The van der Waals surface area contributed by atoms with Gasteiger partial charge in [0, 0.05) is 13.1 Å². The van der Waals surface area contributed by atoms with Crippen LogP contribution < -0.4 is 10.0 Å². The summed E-state index contributed by atoms with van der Waals surface area (Å²) >= 11 is 0. The third kappa shape index (κ3) is 6.34. The number of nitrogens with one attached hydrogen (secondary N) is 2. The summed E-state index contributed by atoms with van der Waals surface area (Å²) in [5.41, 5.74) is 2.33. The molecule has 122 valence electrons. The summed E-state index contributed by atoms with van der Waals surface area (Å²) in [4.78, 5) is 0.363. The molecule has 0 saturated heterocycles. The molecular weight excluding hydrogens is 308 g/mol. The van der Waals surface area contributed by atoms with E-state index in [9.17, 15) is 8.42 Å². The van der Waals surface area contributed by atoms with Crippen molar-refractivity contribution < 1.29 is 8.42 Å². The Kier molecular flexibility index (Phi) is 9.86. The molecule has 21 heavy (non-hydrogen) atoms. The Hall–Kier alpha value is -0.620. The van der Waals surface area contributed by atoms with Gasteiger partial charge in [-0.05, 0) is 49.1 Å². The van der Waals surface area contributed by atoms with E-state index >= 15 is 0 Å². The van der Waals surface area contributed by atoms with Gasteiger partial charge >= 0.3 is 0 Å². The zero-order valence-corrected chi connectivity index (χ0v) is 14.7. The number of benzene rings is 1.